The zero-order valence-electron chi connectivity index (χ0n) is 11.1. The molecule has 1 aliphatic rings. The number of carbonyl (C=O) groups is 2. The van der Waals surface area contributed by atoms with Crippen LogP contribution in [0, 0.1) is 0 Å². The first-order valence-electron chi connectivity index (χ1n) is 6.25. The number of nitrogens with zero attached hydrogens (tertiary/aromatic N) is 2. The average Bonchev–Trinajstić information content (AvgIpc) is 2.99. The van der Waals surface area contributed by atoms with Crippen LogP contribution < -0.4 is 9.88 Å². The average molecular weight is 284 g/mol. The molecule has 6 nitrogen and oxygen atoms in total. The number of aryl methyl sites for hydroxylation is 1. The van der Waals surface area contributed by atoms with E-state index in [9.17, 15) is 9.59 Å². The summed E-state index contributed by atoms with van der Waals surface area (Å²) in [6, 6.07) is -0.751. The van der Waals surface area contributed by atoms with Gasteiger partial charge in [0, 0.05) is 13.5 Å². The van der Waals surface area contributed by atoms with E-state index >= 15 is 0 Å². The lowest BCUT2D eigenvalue weighted by molar-refractivity contribution is -0.689. The normalized spacial score (nSPS) is 18.2. The minimum Gasteiger partial charge on any atom is -0.464 e. The lowest BCUT2D eigenvalue weighted by Gasteiger charge is -2.18. The Bertz CT molecular complexity index is 475. The van der Waals surface area contributed by atoms with E-state index in [1.807, 2.05) is 11.7 Å². The van der Waals surface area contributed by atoms with Crippen LogP contribution in [-0.4, -0.2) is 36.6 Å². The van der Waals surface area contributed by atoms with Gasteiger partial charge in [-0.05, 0) is 6.92 Å². The summed E-state index contributed by atoms with van der Waals surface area (Å²) in [5, 5.41) is 2.68. The number of carbonyl (C=O) groups excluding carboxylic acids is 2. The van der Waals surface area contributed by atoms with Crippen LogP contribution in [0.5, 0.6) is 0 Å². The predicted octanol–water partition coefficient (Wildman–Crippen LogP) is 0.512. The Morgan fingerprint density at radius 3 is 3.05 bits per heavy atom. The molecular weight excluding hydrogens is 266 g/mol. The third-order valence-electron chi connectivity index (χ3n) is 2.99. The second-order valence-electron chi connectivity index (χ2n) is 4.46. The number of cyclic esters (lactones) is 1. The highest BCUT2D eigenvalue weighted by atomic mass is 32.1. The van der Waals surface area contributed by atoms with Gasteiger partial charge in [-0.3, -0.25) is 0 Å². The minimum atomic E-state index is -0.501. The number of esters is 1. The van der Waals surface area contributed by atoms with Crippen LogP contribution in [0.2, 0.25) is 0 Å². The first kappa shape index (κ1) is 13.8. The summed E-state index contributed by atoms with van der Waals surface area (Å²) < 4.78 is 6.88. The van der Waals surface area contributed by atoms with E-state index in [2.05, 4.69) is 16.8 Å². The second-order valence-corrected chi connectivity index (χ2v) is 5.43. The fourth-order valence-corrected chi connectivity index (χ4v) is 2.76. The fraction of sp³-hybridized carbons (Fsp3) is 0.583. The molecule has 0 radical (unpaired) electrons. The molecule has 2 heterocycles. The third kappa shape index (κ3) is 3.44. The van der Waals surface area contributed by atoms with Crippen molar-refractivity contribution in [2.45, 2.75) is 32.5 Å². The van der Waals surface area contributed by atoms with Gasteiger partial charge in [-0.15, -0.1) is 0 Å². The van der Waals surface area contributed by atoms with Crippen molar-refractivity contribution in [2.75, 3.05) is 13.7 Å². The van der Waals surface area contributed by atoms with Gasteiger partial charge in [-0.25, -0.2) is 9.59 Å². The van der Waals surface area contributed by atoms with Gasteiger partial charge in [0.05, 0.1) is 18.0 Å². The molecule has 1 saturated heterocycles. The molecule has 1 aromatic rings. The van der Waals surface area contributed by atoms with Crippen molar-refractivity contribution in [1.82, 2.24) is 10.2 Å². The summed E-state index contributed by atoms with van der Waals surface area (Å²) in [4.78, 5) is 25.9. The summed E-state index contributed by atoms with van der Waals surface area (Å²) in [7, 11) is 1.71. The molecule has 1 aliphatic heterocycles. The van der Waals surface area contributed by atoms with Gasteiger partial charge in [0.15, 0.2) is 6.20 Å². The SMILES string of the molecule is CC[n+]1csc(CN(C)C(=O)NC2CCOC2=O)c1. The van der Waals surface area contributed by atoms with E-state index in [-0.39, 0.29) is 12.0 Å². The molecule has 0 aromatic carbocycles. The Kier molecular flexibility index (Phi) is 4.36. The van der Waals surface area contributed by atoms with Crippen LogP contribution in [-0.2, 0) is 22.6 Å². The van der Waals surface area contributed by atoms with Crippen molar-refractivity contribution in [2.24, 2.45) is 0 Å². The molecule has 2 rings (SSSR count). The second kappa shape index (κ2) is 6.01. The Balaban J connectivity index is 1.86. The molecule has 0 bridgehead atoms. The number of aromatic nitrogens is 1. The van der Waals surface area contributed by atoms with E-state index in [1.54, 1.807) is 23.3 Å². The fourth-order valence-electron chi connectivity index (χ4n) is 1.82. The first-order valence-corrected chi connectivity index (χ1v) is 7.13. The Hall–Kier alpha value is -1.63. The van der Waals surface area contributed by atoms with Gasteiger partial charge < -0.3 is 15.0 Å². The van der Waals surface area contributed by atoms with Crippen LogP contribution in [0.25, 0.3) is 0 Å². The molecule has 0 spiro atoms. The van der Waals surface area contributed by atoms with Crippen LogP contribution in [0.3, 0.4) is 0 Å². The van der Waals surface area contributed by atoms with Gasteiger partial charge in [0.25, 0.3) is 0 Å². The molecular formula is C12H18N3O3S+. The molecule has 1 atom stereocenters. The smallest absolute Gasteiger partial charge is 0.328 e. The lowest BCUT2D eigenvalue weighted by Crippen LogP contribution is -2.44. The molecule has 1 N–H and O–H groups in total. The predicted molar refractivity (Wildman–Crippen MR) is 69.6 cm³/mol. The van der Waals surface area contributed by atoms with Gasteiger partial charge in [0.1, 0.15) is 12.6 Å². The zero-order valence-corrected chi connectivity index (χ0v) is 11.9. The Morgan fingerprint density at radius 2 is 2.47 bits per heavy atom. The van der Waals surface area contributed by atoms with E-state index in [1.165, 1.54) is 0 Å². The highest BCUT2D eigenvalue weighted by Gasteiger charge is 2.29. The zero-order chi connectivity index (χ0) is 13.8. The Labute approximate surface area is 116 Å². The lowest BCUT2D eigenvalue weighted by atomic mass is 10.2. The van der Waals surface area contributed by atoms with Crippen LogP contribution in [0.15, 0.2) is 11.7 Å². The maximum atomic E-state index is 11.9. The highest BCUT2D eigenvalue weighted by Crippen LogP contribution is 2.09. The molecule has 104 valence electrons. The van der Waals surface area contributed by atoms with E-state index in [0.29, 0.717) is 19.6 Å². The summed E-state index contributed by atoms with van der Waals surface area (Å²) >= 11 is 1.61. The topological polar surface area (TPSA) is 62.5 Å². The van der Waals surface area contributed by atoms with Gasteiger partial charge in [0.2, 0.25) is 5.51 Å². The number of hydrogen-bond acceptors (Lipinski definition) is 4. The van der Waals surface area contributed by atoms with Crippen molar-refractivity contribution < 1.29 is 18.9 Å². The van der Waals surface area contributed by atoms with Crippen molar-refractivity contribution in [3.8, 4) is 0 Å². The summed E-state index contributed by atoms with van der Waals surface area (Å²) in [5.74, 6) is -0.346. The molecule has 0 saturated carbocycles. The monoisotopic (exact) mass is 284 g/mol. The van der Waals surface area contributed by atoms with E-state index in [0.717, 1.165) is 11.4 Å². The summed E-state index contributed by atoms with van der Waals surface area (Å²) in [5.41, 5.74) is 2.02. The Morgan fingerprint density at radius 1 is 1.68 bits per heavy atom. The van der Waals surface area contributed by atoms with Crippen molar-refractivity contribution in [3.05, 3.63) is 16.6 Å². The molecule has 0 aliphatic carbocycles. The first-order chi connectivity index (χ1) is 9.10. The standard InChI is InChI=1S/C12H17N3O3S/c1-3-15-7-9(19-8-15)6-14(2)12(17)13-10-4-5-18-11(10)16/h7-8,10H,3-6H2,1-2H3/p+1. The van der Waals surface area contributed by atoms with Crippen molar-refractivity contribution in [3.63, 3.8) is 0 Å². The number of thiazole rings is 1. The number of hydrogen-bond donors (Lipinski definition) is 1. The van der Waals surface area contributed by atoms with Gasteiger partial charge >= 0.3 is 12.0 Å². The maximum Gasteiger partial charge on any atom is 0.328 e. The molecule has 1 unspecified atom stereocenters. The molecule has 7 heteroatoms. The number of rotatable bonds is 4. The van der Waals surface area contributed by atoms with Gasteiger partial charge in [-0.1, -0.05) is 11.3 Å². The number of urea groups is 1. The highest BCUT2D eigenvalue weighted by molar-refractivity contribution is 7.09. The molecule has 19 heavy (non-hydrogen) atoms. The van der Waals surface area contributed by atoms with Crippen LogP contribution >= 0.6 is 11.3 Å². The van der Waals surface area contributed by atoms with E-state index in [4.69, 9.17) is 4.74 Å². The van der Waals surface area contributed by atoms with Gasteiger partial charge in [-0.2, -0.15) is 4.57 Å². The van der Waals surface area contributed by atoms with Crippen molar-refractivity contribution >= 4 is 23.3 Å². The largest absolute Gasteiger partial charge is 0.464 e. The molecule has 2 amide bonds. The van der Waals surface area contributed by atoms with Crippen LogP contribution in [0.4, 0.5) is 4.79 Å². The number of nitrogens with one attached hydrogen (secondary N) is 1. The van der Waals surface area contributed by atoms with Crippen LogP contribution in [0.1, 0.15) is 18.2 Å². The van der Waals surface area contributed by atoms with E-state index < -0.39 is 6.04 Å². The van der Waals surface area contributed by atoms with Crippen molar-refractivity contribution in [1.29, 1.82) is 0 Å². The third-order valence-corrected chi connectivity index (χ3v) is 3.90. The quantitative estimate of drug-likeness (QED) is 0.647. The minimum absolute atomic E-state index is 0.250. The molecule has 1 aromatic heterocycles. The number of ether oxygens (including phenoxy) is 1. The summed E-state index contributed by atoms with van der Waals surface area (Å²) in [6.45, 7) is 3.90. The molecule has 1 fully saturated rings. The maximum absolute atomic E-state index is 11.9. The summed E-state index contributed by atoms with van der Waals surface area (Å²) in [6.07, 6.45) is 2.57. The number of amides is 2.